The Kier molecular flexibility index (Phi) is 4.46. The van der Waals surface area contributed by atoms with Gasteiger partial charge in [0.05, 0.1) is 10.7 Å². The predicted octanol–water partition coefficient (Wildman–Crippen LogP) is 4.91. The summed E-state index contributed by atoms with van der Waals surface area (Å²) in [6, 6.07) is 6.35. The van der Waals surface area contributed by atoms with Gasteiger partial charge < -0.3 is 10.6 Å². The van der Waals surface area contributed by atoms with E-state index < -0.39 is 0 Å². The molecule has 116 valence electrons. The van der Waals surface area contributed by atoms with E-state index in [9.17, 15) is 0 Å². The van der Waals surface area contributed by atoms with Crippen molar-refractivity contribution >= 4 is 17.3 Å². The molecule has 2 N–H and O–H groups in total. The summed E-state index contributed by atoms with van der Waals surface area (Å²) in [4.78, 5) is 2.47. The number of rotatable bonds is 2. The molecule has 1 aromatic rings. The van der Waals surface area contributed by atoms with Gasteiger partial charge in [0.15, 0.2) is 0 Å². The Morgan fingerprint density at radius 3 is 2.33 bits per heavy atom. The number of piperidine rings is 1. The summed E-state index contributed by atoms with van der Waals surface area (Å²) in [7, 11) is 0. The van der Waals surface area contributed by atoms with E-state index in [-0.39, 0.29) is 6.04 Å². The minimum Gasteiger partial charge on any atom is -0.370 e. The number of nitrogens with zero attached hydrogens (tertiary/aromatic N) is 1. The molecule has 2 nitrogen and oxygen atoms in total. The quantitative estimate of drug-likeness (QED) is 0.841. The monoisotopic (exact) mass is 306 g/mol. The standard InChI is InChI=1S/C18H27ClN2/c1-14(20)15-5-6-17(16(19)13-15)21-11-9-18(10-12-21)7-3-2-4-8-18/h5-6,13-14H,2-4,7-12,20H2,1H3/t14-/m0/s1. The highest BCUT2D eigenvalue weighted by Crippen LogP contribution is 2.45. The van der Waals surface area contributed by atoms with E-state index in [4.69, 9.17) is 17.3 Å². The average Bonchev–Trinajstić information content (AvgIpc) is 2.49. The third-order valence-electron chi connectivity index (χ3n) is 5.58. The van der Waals surface area contributed by atoms with E-state index in [0.717, 1.165) is 23.7 Å². The summed E-state index contributed by atoms with van der Waals surface area (Å²) >= 11 is 6.49. The molecule has 1 atom stereocenters. The van der Waals surface area contributed by atoms with Gasteiger partial charge in [0, 0.05) is 19.1 Å². The first-order valence-electron chi connectivity index (χ1n) is 8.40. The molecule has 0 unspecified atom stereocenters. The normalized spacial score (nSPS) is 23.3. The summed E-state index contributed by atoms with van der Waals surface area (Å²) in [5, 5.41) is 0.851. The van der Waals surface area contributed by atoms with Crippen molar-refractivity contribution in [2.45, 2.75) is 57.9 Å². The SMILES string of the molecule is C[C@H](N)c1ccc(N2CCC3(CCCCC3)CC2)c(Cl)c1. The lowest BCUT2D eigenvalue weighted by molar-refractivity contribution is 0.144. The molecule has 1 aliphatic heterocycles. The van der Waals surface area contributed by atoms with E-state index in [1.54, 1.807) is 0 Å². The van der Waals surface area contributed by atoms with Gasteiger partial charge in [0.2, 0.25) is 0 Å². The Labute approximate surface area is 133 Å². The van der Waals surface area contributed by atoms with Gasteiger partial charge in [-0.3, -0.25) is 0 Å². The van der Waals surface area contributed by atoms with Gasteiger partial charge >= 0.3 is 0 Å². The first kappa shape index (κ1) is 15.2. The minimum atomic E-state index is 0.0448. The highest BCUT2D eigenvalue weighted by Gasteiger charge is 2.35. The molecular formula is C18H27ClN2. The van der Waals surface area contributed by atoms with Crippen LogP contribution in [0.15, 0.2) is 18.2 Å². The zero-order valence-corrected chi connectivity index (χ0v) is 13.8. The van der Waals surface area contributed by atoms with E-state index in [0.29, 0.717) is 5.41 Å². The fourth-order valence-corrected chi connectivity index (χ4v) is 4.40. The second-order valence-electron chi connectivity index (χ2n) is 7.05. The Bertz CT molecular complexity index is 482. The molecule has 1 saturated carbocycles. The third kappa shape index (κ3) is 3.22. The second kappa shape index (κ2) is 6.18. The number of halogens is 1. The molecule has 0 bridgehead atoms. The van der Waals surface area contributed by atoms with Gasteiger partial charge in [-0.2, -0.15) is 0 Å². The van der Waals surface area contributed by atoms with Gasteiger partial charge in [-0.15, -0.1) is 0 Å². The molecule has 0 aromatic heterocycles. The number of hydrogen-bond acceptors (Lipinski definition) is 2. The zero-order valence-electron chi connectivity index (χ0n) is 13.1. The molecule has 1 spiro atoms. The van der Waals surface area contributed by atoms with Crippen LogP contribution in [-0.2, 0) is 0 Å². The number of nitrogens with two attached hydrogens (primary N) is 1. The van der Waals surface area contributed by atoms with Crippen LogP contribution in [-0.4, -0.2) is 13.1 Å². The summed E-state index contributed by atoms with van der Waals surface area (Å²) in [6.45, 7) is 4.30. The molecule has 2 fully saturated rings. The summed E-state index contributed by atoms with van der Waals surface area (Å²) < 4.78 is 0. The summed E-state index contributed by atoms with van der Waals surface area (Å²) in [5.74, 6) is 0. The van der Waals surface area contributed by atoms with Gasteiger partial charge in [0.25, 0.3) is 0 Å². The third-order valence-corrected chi connectivity index (χ3v) is 5.88. The van der Waals surface area contributed by atoms with Crippen molar-refractivity contribution in [2.24, 2.45) is 11.1 Å². The first-order valence-corrected chi connectivity index (χ1v) is 8.77. The lowest BCUT2D eigenvalue weighted by Crippen LogP contribution is -2.41. The van der Waals surface area contributed by atoms with E-state index in [1.165, 1.54) is 50.6 Å². The average molecular weight is 307 g/mol. The van der Waals surface area contributed by atoms with Crippen molar-refractivity contribution in [1.82, 2.24) is 0 Å². The number of benzene rings is 1. The molecule has 3 rings (SSSR count). The van der Waals surface area contributed by atoms with E-state index >= 15 is 0 Å². The van der Waals surface area contributed by atoms with Crippen molar-refractivity contribution in [3.05, 3.63) is 28.8 Å². The molecule has 1 aromatic carbocycles. The zero-order chi connectivity index (χ0) is 14.9. The highest BCUT2D eigenvalue weighted by atomic mass is 35.5. The molecule has 1 saturated heterocycles. The van der Waals surface area contributed by atoms with Gasteiger partial charge in [-0.05, 0) is 55.7 Å². The Hall–Kier alpha value is -0.730. The molecular weight excluding hydrogens is 280 g/mol. The Morgan fingerprint density at radius 1 is 1.10 bits per heavy atom. The van der Waals surface area contributed by atoms with Crippen molar-refractivity contribution in [2.75, 3.05) is 18.0 Å². The topological polar surface area (TPSA) is 29.3 Å². The van der Waals surface area contributed by atoms with Crippen LogP contribution in [0, 0.1) is 5.41 Å². The molecule has 0 amide bonds. The number of hydrogen-bond donors (Lipinski definition) is 1. The van der Waals surface area contributed by atoms with Crippen LogP contribution in [0.3, 0.4) is 0 Å². The van der Waals surface area contributed by atoms with E-state index in [2.05, 4.69) is 17.0 Å². The maximum Gasteiger partial charge on any atom is 0.0642 e. The Balaban J connectivity index is 1.69. The van der Waals surface area contributed by atoms with Gasteiger partial charge in [-0.1, -0.05) is 36.9 Å². The summed E-state index contributed by atoms with van der Waals surface area (Å²) in [5.41, 5.74) is 8.88. The Morgan fingerprint density at radius 2 is 1.76 bits per heavy atom. The van der Waals surface area contributed by atoms with Crippen molar-refractivity contribution in [3.63, 3.8) is 0 Å². The highest BCUT2D eigenvalue weighted by molar-refractivity contribution is 6.33. The van der Waals surface area contributed by atoms with Gasteiger partial charge in [-0.25, -0.2) is 0 Å². The lowest BCUT2D eigenvalue weighted by atomic mass is 9.68. The molecule has 1 aliphatic carbocycles. The van der Waals surface area contributed by atoms with Gasteiger partial charge in [0.1, 0.15) is 0 Å². The molecule has 2 aliphatic rings. The molecule has 0 radical (unpaired) electrons. The summed E-state index contributed by atoms with van der Waals surface area (Å²) in [6.07, 6.45) is 9.86. The smallest absolute Gasteiger partial charge is 0.0642 e. The molecule has 3 heteroatoms. The largest absolute Gasteiger partial charge is 0.370 e. The van der Waals surface area contributed by atoms with Crippen LogP contribution in [0.5, 0.6) is 0 Å². The molecule has 21 heavy (non-hydrogen) atoms. The fourth-order valence-electron chi connectivity index (χ4n) is 4.09. The second-order valence-corrected chi connectivity index (χ2v) is 7.45. The van der Waals surface area contributed by atoms with Crippen LogP contribution in [0.4, 0.5) is 5.69 Å². The van der Waals surface area contributed by atoms with Crippen LogP contribution in [0.1, 0.15) is 63.5 Å². The van der Waals surface area contributed by atoms with Crippen LogP contribution < -0.4 is 10.6 Å². The first-order chi connectivity index (χ1) is 10.1. The fraction of sp³-hybridized carbons (Fsp3) is 0.667. The number of anilines is 1. The van der Waals surface area contributed by atoms with Crippen LogP contribution in [0.25, 0.3) is 0 Å². The van der Waals surface area contributed by atoms with Crippen molar-refractivity contribution < 1.29 is 0 Å². The van der Waals surface area contributed by atoms with Crippen LogP contribution in [0.2, 0.25) is 5.02 Å². The maximum atomic E-state index is 6.49. The van der Waals surface area contributed by atoms with E-state index in [1.807, 2.05) is 13.0 Å². The van der Waals surface area contributed by atoms with Crippen molar-refractivity contribution in [1.29, 1.82) is 0 Å². The lowest BCUT2D eigenvalue weighted by Gasteiger charge is -2.45. The predicted molar refractivity (Wildman–Crippen MR) is 91.0 cm³/mol. The van der Waals surface area contributed by atoms with Crippen LogP contribution >= 0.6 is 11.6 Å². The maximum absolute atomic E-state index is 6.49. The van der Waals surface area contributed by atoms with Crippen molar-refractivity contribution in [3.8, 4) is 0 Å². The molecule has 1 heterocycles. The minimum absolute atomic E-state index is 0.0448.